The average molecular weight is 369 g/mol. The predicted molar refractivity (Wildman–Crippen MR) is 102 cm³/mol. The fourth-order valence-corrected chi connectivity index (χ4v) is 3.13. The highest BCUT2D eigenvalue weighted by atomic mass is 35.5. The van der Waals surface area contributed by atoms with E-state index in [2.05, 4.69) is 9.97 Å². The van der Waals surface area contributed by atoms with E-state index in [-0.39, 0.29) is 0 Å². The summed E-state index contributed by atoms with van der Waals surface area (Å²) in [5, 5.41) is 1.20. The molecule has 0 fully saturated rings. The summed E-state index contributed by atoms with van der Waals surface area (Å²) < 4.78 is 6.01. The molecule has 1 aromatic heterocycles. The molecule has 0 unspecified atom stereocenters. The molecule has 4 aromatic rings. The molecule has 5 heteroatoms. The van der Waals surface area contributed by atoms with Gasteiger partial charge in [-0.3, -0.25) is 0 Å². The second-order valence-electron chi connectivity index (χ2n) is 5.62. The molecule has 1 heterocycles. The monoisotopic (exact) mass is 368 g/mol. The fraction of sp³-hybridized carbons (Fsp3) is 0.0500. The van der Waals surface area contributed by atoms with E-state index in [0.29, 0.717) is 16.7 Å². The van der Waals surface area contributed by atoms with Gasteiger partial charge in [0, 0.05) is 15.6 Å². The maximum Gasteiger partial charge on any atom is 0.142 e. The Balaban J connectivity index is 1.64. The lowest BCUT2D eigenvalue weighted by Gasteiger charge is -2.11. The van der Waals surface area contributed by atoms with Crippen LogP contribution in [0.25, 0.3) is 22.4 Å². The number of hydrogen-bond acceptors (Lipinski definition) is 2. The van der Waals surface area contributed by atoms with Crippen LogP contribution in [0.4, 0.5) is 0 Å². The number of nitrogens with zero attached hydrogens (tertiary/aromatic N) is 1. The molecule has 4 rings (SSSR count). The second kappa shape index (κ2) is 6.79. The van der Waals surface area contributed by atoms with Gasteiger partial charge < -0.3 is 9.72 Å². The first-order valence-corrected chi connectivity index (χ1v) is 8.57. The molecule has 0 atom stereocenters. The summed E-state index contributed by atoms with van der Waals surface area (Å²) in [7, 11) is 0. The average Bonchev–Trinajstić information content (AvgIpc) is 3.05. The first kappa shape index (κ1) is 16.0. The van der Waals surface area contributed by atoms with E-state index in [4.69, 9.17) is 27.9 Å². The van der Waals surface area contributed by atoms with E-state index in [1.54, 1.807) is 12.1 Å². The van der Waals surface area contributed by atoms with Crippen molar-refractivity contribution in [3.63, 3.8) is 0 Å². The Morgan fingerprint density at radius 3 is 2.56 bits per heavy atom. The van der Waals surface area contributed by atoms with Crippen LogP contribution in [-0.2, 0) is 6.61 Å². The van der Waals surface area contributed by atoms with Gasteiger partial charge in [0.05, 0.1) is 16.6 Å². The maximum atomic E-state index is 6.22. The Hall–Kier alpha value is -2.49. The highest BCUT2D eigenvalue weighted by molar-refractivity contribution is 6.35. The van der Waals surface area contributed by atoms with Crippen molar-refractivity contribution in [3.8, 4) is 17.1 Å². The molecule has 1 N–H and O–H groups in total. The molecule has 0 bridgehead atoms. The largest absolute Gasteiger partial charge is 0.488 e. The summed E-state index contributed by atoms with van der Waals surface area (Å²) in [5.41, 5.74) is 3.70. The number of benzene rings is 3. The van der Waals surface area contributed by atoms with Gasteiger partial charge in [0.2, 0.25) is 0 Å². The molecule has 3 aromatic carbocycles. The molecular formula is C20H14Cl2N2O. The Morgan fingerprint density at radius 1 is 0.920 bits per heavy atom. The summed E-state index contributed by atoms with van der Waals surface area (Å²) in [6.07, 6.45) is 0. The van der Waals surface area contributed by atoms with Gasteiger partial charge in [-0.25, -0.2) is 4.98 Å². The Labute approximate surface area is 155 Å². The number of hydrogen-bond donors (Lipinski definition) is 1. The van der Waals surface area contributed by atoms with E-state index in [0.717, 1.165) is 33.7 Å². The number of para-hydroxylation sites is 3. The smallest absolute Gasteiger partial charge is 0.142 e. The van der Waals surface area contributed by atoms with Gasteiger partial charge in [-0.1, -0.05) is 53.5 Å². The molecule has 0 amide bonds. The first-order valence-electron chi connectivity index (χ1n) is 7.81. The van der Waals surface area contributed by atoms with E-state index < -0.39 is 0 Å². The number of aromatic nitrogens is 2. The zero-order valence-electron chi connectivity index (χ0n) is 13.2. The molecule has 0 saturated carbocycles. The van der Waals surface area contributed by atoms with Crippen LogP contribution in [0.3, 0.4) is 0 Å². The van der Waals surface area contributed by atoms with Gasteiger partial charge in [0.1, 0.15) is 18.2 Å². The summed E-state index contributed by atoms with van der Waals surface area (Å²) in [5.74, 6) is 1.52. The summed E-state index contributed by atoms with van der Waals surface area (Å²) in [4.78, 5) is 7.98. The molecular weight excluding hydrogens is 355 g/mol. The van der Waals surface area contributed by atoms with Crippen LogP contribution >= 0.6 is 23.2 Å². The molecule has 124 valence electrons. The molecule has 0 aliphatic heterocycles. The van der Waals surface area contributed by atoms with Gasteiger partial charge in [-0.2, -0.15) is 0 Å². The van der Waals surface area contributed by atoms with Gasteiger partial charge >= 0.3 is 0 Å². The number of aromatic amines is 1. The van der Waals surface area contributed by atoms with Gasteiger partial charge in [-0.05, 0) is 36.4 Å². The maximum absolute atomic E-state index is 6.22. The highest BCUT2D eigenvalue weighted by Crippen LogP contribution is 2.30. The third-order valence-corrected chi connectivity index (χ3v) is 4.52. The van der Waals surface area contributed by atoms with E-state index >= 15 is 0 Å². The third kappa shape index (κ3) is 3.34. The second-order valence-corrected chi connectivity index (χ2v) is 6.47. The van der Waals surface area contributed by atoms with E-state index in [1.807, 2.05) is 54.6 Å². The SMILES string of the molecule is Clc1ccc(COc2ccccc2-c2nc3ccccc3[nH]2)c(Cl)c1. The van der Waals surface area contributed by atoms with E-state index in [9.17, 15) is 0 Å². The first-order chi connectivity index (χ1) is 12.2. The highest BCUT2D eigenvalue weighted by Gasteiger charge is 2.11. The quantitative estimate of drug-likeness (QED) is 0.471. The number of H-pyrrole nitrogens is 1. The number of ether oxygens (including phenoxy) is 1. The van der Waals surface area contributed by atoms with Crippen LogP contribution in [0.1, 0.15) is 5.56 Å². The zero-order chi connectivity index (χ0) is 17.2. The van der Waals surface area contributed by atoms with Crippen molar-refractivity contribution in [1.82, 2.24) is 9.97 Å². The fourth-order valence-electron chi connectivity index (χ4n) is 2.66. The van der Waals surface area contributed by atoms with Crippen molar-refractivity contribution >= 4 is 34.2 Å². The van der Waals surface area contributed by atoms with Crippen molar-refractivity contribution in [2.45, 2.75) is 6.61 Å². The summed E-state index contributed by atoms with van der Waals surface area (Å²) in [6.45, 7) is 0.354. The van der Waals surface area contributed by atoms with Crippen LogP contribution in [-0.4, -0.2) is 9.97 Å². The lowest BCUT2D eigenvalue weighted by molar-refractivity contribution is 0.307. The van der Waals surface area contributed by atoms with Gasteiger partial charge in [0.15, 0.2) is 0 Å². The van der Waals surface area contributed by atoms with Crippen molar-refractivity contribution in [3.05, 3.63) is 82.3 Å². The van der Waals surface area contributed by atoms with E-state index in [1.165, 1.54) is 0 Å². The molecule has 0 aliphatic carbocycles. The summed E-state index contributed by atoms with van der Waals surface area (Å²) in [6, 6.07) is 21.1. The van der Waals surface area contributed by atoms with Crippen LogP contribution in [0.5, 0.6) is 5.75 Å². The number of rotatable bonds is 4. The lowest BCUT2D eigenvalue weighted by Crippen LogP contribution is -1.98. The van der Waals surface area contributed by atoms with Crippen LogP contribution in [0, 0.1) is 0 Å². The Kier molecular flexibility index (Phi) is 4.35. The van der Waals surface area contributed by atoms with Crippen molar-refractivity contribution < 1.29 is 4.74 Å². The standard InChI is InChI=1S/C20H14Cl2N2O/c21-14-10-9-13(16(22)11-14)12-25-19-8-4-1-5-15(19)20-23-17-6-2-3-7-18(17)24-20/h1-11H,12H2,(H,23,24). The summed E-state index contributed by atoms with van der Waals surface area (Å²) >= 11 is 12.2. The Morgan fingerprint density at radius 2 is 1.72 bits per heavy atom. The third-order valence-electron chi connectivity index (χ3n) is 3.93. The molecule has 25 heavy (non-hydrogen) atoms. The lowest BCUT2D eigenvalue weighted by atomic mass is 10.2. The van der Waals surface area contributed by atoms with Crippen molar-refractivity contribution in [2.24, 2.45) is 0 Å². The van der Waals surface area contributed by atoms with Crippen LogP contribution in [0.2, 0.25) is 10.0 Å². The number of halogens is 2. The zero-order valence-corrected chi connectivity index (χ0v) is 14.7. The van der Waals surface area contributed by atoms with Crippen molar-refractivity contribution in [1.29, 1.82) is 0 Å². The number of nitrogens with one attached hydrogen (secondary N) is 1. The minimum Gasteiger partial charge on any atom is -0.488 e. The topological polar surface area (TPSA) is 37.9 Å². The number of fused-ring (bicyclic) bond motifs is 1. The van der Waals surface area contributed by atoms with Gasteiger partial charge in [-0.15, -0.1) is 0 Å². The van der Waals surface area contributed by atoms with Gasteiger partial charge in [0.25, 0.3) is 0 Å². The minimum atomic E-state index is 0.354. The van der Waals surface area contributed by atoms with Crippen LogP contribution in [0.15, 0.2) is 66.7 Å². The molecule has 0 saturated heterocycles. The molecule has 0 aliphatic rings. The van der Waals surface area contributed by atoms with Crippen molar-refractivity contribution in [2.75, 3.05) is 0 Å². The molecule has 0 spiro atoms. The molecule has 3 nitrogen and oxygen atoms in total. The molecule has 0 radical (unpaired) electrons. The Bertz CT molecular complexity index is 1010. The predicted octanol–water partition coefficient (Wildman–Crippen LogP) is 6.12. The normalized spacial score (nSPS) is 11.0. The minimum absolute atomic E-state index is 0.354. The van der Waals surface area contributed by atoms with Crippen LogP contribution < -0.4 is 4.74 Å². The number of imidazole rings is 1.